The lowest BCUT2D eigenvalue weighted by molar-refractivity contribution is -0.122. The molecule has 2 heterocycles. The van der Waals surface area contributed by atoms with Crippen molar-refractivity contribution in [2.45, 2.75) is 25.8 Å². The molecule has 1 atom stereocenters. The van der Waals surface area contributed by atoms with Gasteiger partial charge < -0.3 is 15.2 Å². The summed E-state index contributed by atoms with van der Waals surface area (Å²) >= 11 is 0. The van der Waals surface area contributed by atoms with Crippen LogP contribution >= 0.6 is 0 Å². The quantitative estimate of drug-likeness (QED) is 0.743. The van der Waals surface area contributed by atoms with Gasteiger partial charge >= 0.3 is 0 Å². The van der Waals surface area contributed by atoms with E-state index in [1.807, 2.05) is 36.4 Å². The molecule has 7 nitrogen and oxygen atoms in total. The zero-order valence-electron chi connectivity index (χ0n) is 16.3. The molecule has 1 fully saturated rings. The van der Waals surface area contributed by atoms with Gasteiger partial charge in [0, 0.05) is 36.0 Å². The van der Waals surface area contributed by atoms with Crippen molar-refractivity contribution in [2.75, 3.05) is 26.7 Å². The largest absolute Gasteiger partial charge is 0.497 e. The summed E-state index contributed by atoms with van der Waals surface area (Å²) in [5.41, 5.74) is 2.46. The van der Waals surface area contributed by atoms with Crippen LogP contribution in [0.5, 0.6) is 5.75 Å². The van der Waals surface area contributed by atoms with Crippen molar-refractivity contribution in [3.05, 3.63) is 48.2 Å². The Morgan fingerprint density at radius 3 is 2.71 bits per heavy atom. The second-order valence-electron chi connectivity index (χ2n) is 6.40. The lowest BCUT2D eigenvalue weighted by Crippen LogP contribution is -2.40. The molecule has 2 N–H and O–H groups in total. The molecule has 28 heavy (non-hydrogen) atoms. The monoisotopic (exact) mass is 385 g/mol. The number of carbonyl (C=O) groups excluding carboxylic acids is 1. The van der Waals surface area contributed by atoms with Crippen LogP contribution in [0, 0.1) is 0 Å². The molecule has 7 heteroatoms. The summed E-state index contributed by atoms with van der Waals surface area (Å²) in [6.07, 6.45) is 4.10. The van der Waals surface area contributed by atoms with Gasteiger partial charge in [0.05, 0.1) is 12.8 Å². The Balaban J connectivity index is 0.000000878. The SMILES string of the molecule is CCN1CCCC1CNC(=O)c1ccc(-c2cc(OC)ccn2)cc1.O=CO. The molecule has 0 radical (unpaired) electrons. The Labute approximate surface area is 165 Å². The minimum Gasteiger partial charge on any atom is -0.497 e. The minimum atomic E-state index is -0.250. The fraction of sp³-hybridized carbons (Fsp3) is 0.381. The molecule has 1 aliphatic rings. The average molecular weight is 385 g/mol. The van der Waals surface area contributed by atoms with Crippen LogP contribution in [0.2, 0.25) is 0 Å². The predicted octanol–water partition coefficient (Wildman–Crippen LogP) is 2.67. The van der Waals surface area contributed by atoms with Crippen molar-refractivity contribution >= 4 is 12.4 Å². The summed E-state index contributed by atoms with van der Waals surface area (Å²) in [4.78, 5) is 27.5. The number of likely N-dealkylation sites (tertiary alicyclic amines) is 1. The molecule has 1 amide bonds. The standard InChI is InChI=1S/C20H25N3O2.CH2O2/c1-3-23-12-4-5-17(23)14-22-20(24)16-8-6-15(7-9-16)19-13-18(25-2)10-11-21-19;2-1-3/h6-11,13,17H,3-5,12,14H2,1-2H3,(H,22,24);1H,(H,2,3). The van der Waals surface area contributed by atoms with Gasteiger partial charge in [-0.15, -0.1) is 0 Å². The van der Waals surface area contributed by atoms with Gasteiger partial charge in [0.1, 0.15) is 5.75 Å². The first-order chi connectivity index (χ1) is 13.6. The molecule has 1 aliphatic heterocycles. The molecule has 3 rings (SSSR count). The summed E-state index contributed by atoms with van der Waals surface area (Å²) < 4.78 is 5.23. The Morgan fingerprint density at radius 1 is 1.36 bits per heavy atom. The summed E-state index contributed by atoms with van der Waals surface area (Å²) in [5.74, 6) is 0.747. The number of nitrogens with zero attached hydrogens (tertiary/aromatic N) is 2. The number of rotatable bonds is 6. The summed E-state index contributed by atoms with van der Waals surface area (Å²) in [6.45, 7) is 4.82. The smallest absolute Gasteiger partial charge is 0.290 e. The van der Waals surface area contributed by atoms with Gasteiger partial charge in [-0.05, 0) is 44.1 Å². The average Bonchev–Trinajstić information content (AvgIpc) is 3.20. The van der Waals surface area contributed by atoms with Crippen LogP contribution in [0.15, 0.2) is 42.6 Å². The number of aromatic nitrogens is 1. The van der Waals surface area contributed by atoms with Crippen molar-refractivity contribution in [2.24, 2.45) is 0 Å². The number of benzene rings is 1. The number of methoxy groups -OCH3 is 1. The lowest BCUT2D eigenvalue weighted by Gasteiger charge is -2.22. The lowest BCUT2D eigenvalue weighted by atomic mass is 10.1. The van der Waals surface area contributed by atoms with Crippen LogP contribution in [-0.2, 0) is 4.79 Å². The molecule has 1 saturated heterocycles. The third kappa shape index (κ3) is 5.79. The minimum absolute atomic E-state index is 0.0203. The van der Waals surface area contributed by atoms with Gasteiger partial charge in [0.2, 0.25) is 0 Å². The van der Waals surface area contributed by atoms with E-state index in [1.165, 1.54) is 6.42 Å². The van der Waals surface area contributed by atoms with Gasteiger partial charge in [-0.1, -0.05) is 19.1 Å². The second kappa shape index (κ2) is 11.0. The number of amides is 1. The molecule has 150 valence electrons. The van der Waals surface area contributed by atoms with E-state index in [0.717, 1.165) is 36.5 Å². The van der Waals surface area contributed by atoms with Crippen LogP contribution in [-0.4, -0.2) is 60.2 Å². The van der Waals surface area contributed by atoms with E-state index in [0.29, 0.717) is 18.2 Å². The van der Waals surface area contributed by atoms with Gasteiger partial charge in [-0.3, -0.25) is 19.5 Å². The summed E-state index contributed by atoms with van der Waals surface area (Å²) in [5, 5.41) is 9.96. The Bertz CT molecular complexity index is 765. The van der Waals surface area contributed by atoms with E-state index >= 15 is 0 Å². The molecule has 0 bridgehead atoms. The molecule has 2 aromatic rings. The fourth-order valence-corrected chi connectivity index (χ4v) is 3.34. The summed E-state index contributed by atoms with van der Waals surface area (Å²) in [7, 11) is 1.64. The topological polar surface area (TPSA) is 91.8 Å². The fourth-order valence-electron chi connectivity index (χ4n) is 3.34. The number of nitrogens with one attached hydrogen (secondary N) is 1. The number of carbonyl (C=O) groups is 2. The zero-order valence-corrected chi connectivity index (χ0v) is 16.3. The van der Waals surface area contributed by atoms with Gasteiger partial charge in [-0.2, -0.15) is 0 Å². The maximum absolute atomic E-state index is 12.4. The van der Waals surface area contributed by atoms with E-state index in [-0.39, 0.29) is 12.4 Å². The van der Waals surface area contributed by atoms with Gasteiger partial charge in [-0.25, -0.2) is 0 Å². The molecular formula is C21H27N3O4. The number of ether oxygens (including phenoxy) is 1. The first kappa shape index (κ1) is 21.4. The maximum Gasteiger partial charge on any atom is 0.290 e. The van der Waals surface area contributed by atoms with Crippen molar-refractivity contribution in [1.29, 1.82) is 0 Å². The molecule has 1 aromatic heterocycles. The molecule has 1 unspecified atom stereocenters. The van der Waals surface area contributed by atoms with Crippen molar-refractivity contribution in [1.82, 2.24) is 15.2 Å². The van der Waals surface area contributed by atoms with Crippen LogP contribution in [0.3, 0.4) is 0 Å². The van der Waals surface area contributed by atoms with Crippen LogP contribution in [0.4, 0.5) is 0 Å². The first-order valence-electron chi connectivity index (χ1n) is 9.33. The molecular weight excluding hydrogens is 358 g/mol. The maximum atomic E-state index is 12.4. The third-order valence-corrected chi connectivity index (χ3v) is 4.81. The highest BCUT2D eigenvalue weighted by Gasteiger charge is 2.23. The van der Waals surface area contributed by atoms with Crippen LogP contribution in [0.1, 0.15) is 30.1 Å². The van der Waals surface area contributed by atoms with E-state index in [9.17, 15) is 4.79 Å². The van der Waals surface area contributed by atoms with E-state index in [1.54, 1.807) is 13.3 Å². The second-order valence-corrected chi connectivity index (χ2v) is 6.40. The van der Waals surface area contributed by atoms with E-state index in [2.05, 4.69) is 22.1 Å². The van der Waals surface area contributed by atoms with E-state index in [4.69, 9.17) is 14.6 Å². The predicted molar refractivity (Wildman–Crippen MR) is 108 cm³/mol. The highest BCUT2D eigenvalue weighted by atomic mass is 16.5. The van der Waals surface area contributed by atoms with E-state index < -0.39 is 0 Å². The summed E-state index contributed by atoms with van der Waals surface area (Å²) in [6, 6.07) is 11.7. The Hall–Kier alpha value is -2.93. The van der Waals surface area contributed by atoms with Gasteiger partial charge in [0.25, 0.3) is 12.4 Å². The zero-order chi connectivity index (χ0) is 20.4. The number of likely N-dealkylation sites (N-methyl/N-ethyl adjacent to an activating group) is 1. The molecule has 0 aliphatic carbocycles. The van der Waals surface area contributed by atoms with Gasteiger partial charge in [0.15, 0.2) is 0 Å². The van der Waals surface area contributed by atoms with Crippen molar-refractivity contribution in [3.8, 4) is 17.0 Å². The Morgan fingerprint density at radius 2 is 2.07 bits per heavy atom. The molecule has 0 spiro atoms. The van der Waals surface area contributed by atoms with Crippen molar-refractivity contribution in [3.63, 3.8) is 0 Å². The van der Waals surface area contributed by atoms with Crippen molar-refractivity contribution < 1.29 is 19.4 Å². The first-order valence-corrected chi connectivity index (χ1v) is 9.33. The normalized spacial score (nSPS) is 16.0. The molecule has 1 aromatic carbocycles. The highest BCUT2D eigenvalue weighted by Crippen LogP contribution is 2.21. The Kier molecular flexibility index (Phi) is 8.42. The van der Waals surface area contributed by atoms with Crippen LogP contribution in [0.25, 0.3) is 11.3 Å². The number of carboxylic acid groups (broad SMARTS) is 1. The number of hydrogen-bond donors (Lipinski definition) is 2. The van der Waals surface area contributed by atoms with Crippen LogP contribution < -0.4 is 10.1 Å². The third-order valence-electron chi connectivity index (χ3n) is 4.81. The number of hydrogen-bond acceptors (Lipinski definition) is 5. The molecule has 0 saturated carbocycles. The number of pyridine rings is 1. The highest BCUT2D eigenvalue weighted by molar-refractivity contribution is 5.94.